The van der Waals surface area contributed by atoms with Crippen molar-refractivity contribution in [3.8, 4) is 0 Å². The van der Waals surface area contributed by atoms with Crippen LogP contribution in [0.1, 0.15) is 27.4 Å². The zero-order valence-corrected chi connectivity index (χ0v) is 14.8. The Bertz CT molecular complexity index is 937. The molecule has 5 nitrogen and oxygen atoms in total. The minimum Gasteiger partial charge on any atom is -0.375 e. The molecule has 1 aromatic heterocycles. The molecule has 2 atom stereocenters. The van der Waals surface area contributed by atoms with Gasteiger partial charge in [-0.05, 0) is 30.2 Å². The number of rotatable bonds is 2. The minimum absolute atomic E-state index is 0.0193. The zero-order valence-electron chi connectivity index (χ0n) is 14.0. The van der Waals surface area contributed by atoms with Crippen molar-refractivity contribution in [1.29, 1.82) is 0 Å². The fourth-order valence-electron chi connectivity index (χ4n) is 3.57. The van der Waals surface area contributed by atoms with Crippen LogP contribution in [0, 0.1) is 6.92 Å². The fraction of sp³-hybridized carbons (Fsp3) is 0.263. The number of nitrogen functional groups attached to an aromatic ring is 1. The molecule has 128 valence electrons. The quantitative estimate of drug-likeness (QED) is 0.743. The van der Waals surface area contributed by atoms with Crippen molar-refractivity contribution in [2.75, 3.05) is 18.8 Å². The van der Waals surface area contributed by atoms with E-state index in [1.807, 2.05) is 42.2 Å². The Balaban J connectivity index is 1.61. The highest BCUT2D eigenvalue weighted by Crippen LogP contribution is 2.30. The zero-order chi connectivity index (χ0) is 17.6. The first-order valence-corrected chi connectivity index (χ1v) is 9.11. The summed E-state index contributed by atoms with van der Waals surface area (Å²) in [5, 5.41) is 0.523. The molecular weight excluding hydrogens is 332 g/mol. The third-order valence-corrected chi connectivity index (χ3v) is 5.66. The summed E-state index contributed by atoms with van der Waals surface area (Å²) in [6.07, 6.45) is 0. The summed E-state index contributed by atoms with van der Waals surface area (Å²) < 4.78 is 0.948. The normalized spacial score (nSPS) is 20.3. The Labute approximate surface area is 150 Å². The molecule has 2 aromatic carbocycles. The molecule has 0 saturated carbocycles. The van der Waals surface area contributed by atoms with Crippen LogP contribution in [0.4, 0.5) is 5.13 Å². The van der Waals surface area contributed by atoms with E-state index in [2.05, 4.69) is 17.1 Å². The van der Waals surface area contributed by atoms with Gasteiger partial charge in [-0.2, -0.15) is 0 Å². The Kier molecular flexibility index (Phi) is 3.94. The Hall–Kier alpha value is -2.44. The van der Waals surface area contributed by atoms with Gasteiger partial charge in [0.05, 0.1) is 10.2 Å². The van der Waals surface area contributed by atoms with E-state index in [9.17, 15) is 4.79 Å². The molecule has 1 fully saturated rings. The van der Waals surface area contributed by atoms with Gasteiger partial charge in [0.15, 0.2) is 5.13 Å². The number of thiazole rings is 1. The van der Waals surface area contributed by atoms with E-state index in [1.54, 1.807) is 0 Å². The second-order valence-electron chi connectivity index (χ2n) is 6.58. The molecule has 25 heavy (non-hydrogen) atoms. The van der Waals surface area contributed by atoms with Crippen molar-refractivity contribution in [3.05, 3.63) is 59.2 Å². The third-order valence-electron chi connectivity index (χ3n) is 4.83. The standard InChI is InChI=1S/C19H20N4OS/c1-11-7-13(8-16-17(11)22-19(21)25-16)18(24)23-9-14(15(20)10-23)12-5-3-2-4-6-12/h2-8,14-15H,9-10,20H2,1H3,(H2,21,22). The van der Waals surface area contributed by atoms with Gasteiger partial charge in [-0.15, -0.1) is 0 Å². The molecule has 3 aromatic rings. The first-order valence-electron chi connectivity index (χ1n) is 8.29. The van der Waals surface area contributed by atoms with Crippen molar-refractivity contribution < 1.29 is 4.79 Å². The maximum atomic E-state index is 13.0. The van der Waals surface area contributed by atoms with Crippen LogP contribution in [0.15, 0.2) is 42.5 Å². The molecule has 0 aliphatic carbocycles. The maximum absolute atomic E-state index is 13.0. The van der Waals surface area contributed by atoms with Gasteiger partial charge in [-0.3, -0.25) is 4.79 Å². The molecular formula is C19H20N4OS. The Morgan fingerprint density at radius 2 is 2.00 bits per heavy atom. The number of carbonyl (C=O) groups excluding carboxylic acids is 1. The fourth-order valence-corrected chi connectivity index (χ4v) is 4.42. The second kappa shape index (κ2) is 6.13. The van der Waals surface area contributed by atoms with Crippen molar-refractivity contribution >= 4 is 32.6 Å². The number of aryl methyl sites for hydroxylation is 1. The number of likely N-dealkylation sites (tertiary alicyclic amines) is 1. The molecule has 0 spiro atoms. The van der Waals surface area contributed by atoms with Crippen LogP contribution in [0.25, 0.3) is 10.2 Å². The first kappa shape index (κ1) is 16.1. The van der Waals surface area contributed by atoms with Gasteiger partial charge >= 0.3 is 0 Å². The van der Waals surface area contributed by atoms with Crippen LogP contribution in [0.2, 0.25) is 0 Å². The van der Waals surface area contributed by atoms with E-state index in [0.29, 0.717) is 23.8 Å². The maximum Gasteiger partial charge on any atom is 0.253 e. The first-order chi connectivity index (χ1) is 12.0. The van der Waals surface area contributed by atoms with Crippen molar-refractivity contribution in [1.82, 2.24) is 9.88 Å². The van der Waals surface area contributed by atoms with Crippen LogP contribution in [-0.4, -0.2) is 34.9 Å². The number of nitrogens with zero attached hydrogens (tertiary/aromatic N) is 2. The SMILES string of the molecule is Cc1cc(C(=O)N2CC(N)C(c3ccccc3)C2)cc2sc(N)nc12. The van der Waals surface area contributed by atoms with Gasteiger partial charge in [0.25, 0.3) is 5.91 Å². The average molecular weight is 352 g/mol. The second-order valence-corrected chi connectivity index (χ2v) is 7.65. The number of fused-ring (bicyclic) bond motifs is 1. The number of nitrogens with two attached hydrogens (primary N) is 2. The molecule has 1 aliphatic rings. The van der Waals surface area contributed by atoms with E-state index < -0.39 is 0 Å². The monoisotopic (exact) mass is 352 g/mol. The van der Waals surface area contributed by atoms with Crippen LogP contribution in [-0.2, 0) is 0 Å². The Morgan fingerprint density at radius 1 is 1.24 bits per heavy atom. The summed E-state index contributed by atoms with van der Waals surface area (Å²) in [5.41, 5.74) is 15.8. The highest BCUT2D eigenvalue weighted by atomic mass is 32.1. The van der Waals surface area contributed by atoms with Crippen LogP contribution in [0.5, 0.6) is 0 Å². The molecule has 0 bridgehead atoms. The van der Waals surface area contributed by atoms with Crippen LogP contribution >= 0.6 is 11.3 Å². The van der Waals surface area contributed by atoms with Gasteiger partial charge in [-0.1, -0.05) is 41.7 Å². The van der Waals surface area contributed by atoms with E-state index in [0.717, 1.165) is 15.8 Å². The Morgan fingerprint density at radius 3 is 2.76 bits per heavy atom. The summed E-state index contributed by atoms with van der Waals surface area (Å²) in [7, 11) is 0. The molecule has 2 unspecified atom stereocenters. The number of carbonyl (C=O) groups is 1. The van der Waals surface area contributed by atoms with Crippen LogP contribution < -0.4 is 11.5 Å². The highest BCUT2D eigenvalue weighted by Gasteiger charge is 2.34. The van der Waals surface area contributed by atoms with Gasteiger partial charge < -0.3 is 16.4 Å². The van der Waals surface area contributed by atoms with Crippen molar-refractivity contribution in [3.63, 3.8) is 0 Å². The number of hydrogen-bond acceptors (Lipinski definition) is 5. The lowest BCUT2D eigenvalue weighted by Gasteiger charge is -2.17. The number of amides is 1. The molecule has 4 N–H and O–H groups in total. The summed E-state index contributed by atoms with van der Waals surface area (Å²) in [4.78, 5) is 19.2. The van der Waals surface area contributed by atoms with Gasteiger partial charge in [0, 0.05) is 30.6 Å². The molecule has 1 aliphatic heterocycles. The smallest absolute Gasteiger partial charge is 0.253 e. The lowest BCUT2D eigenvalue weighted by Crippen LogP contribution is -2.32. The largest absolute Gasteiger partial charge is 0.375 e. The molecule has 6 heteroatoms. The number of anilines is 1. The van der Waals surface area contributed by atoms with E-state index >= 15 is 0 Å². The third kappa shape index (κ3) is 2.88. The average Bonchev–Trinajstić information content (AvgIpc) is 3.17. The summed E-state index contributed by atoms with van der Waals surface area (Å²) >= 11 is 1.41. The van der Waals surface area contributed by atoms with Crippen molar-refractivity contribution in [2.45, 2.75) is 18.9 Å². The molecule has 4 rings (SSSR count). The molecule has 1 amide bonds. The number of benzene rings is 2. The predicted octanol–water partition coefficient (Wildman–Crippen LogP) is 2.75. The molecule has 2 heterocycles. The van der Waals surface area contributed by atoms with Crippen molar-refractivity contribution in [2.24, 2.45) is 5.73 Å². The van der Waals surface area contributed by atoms with Gasteiger partial charge in [-0.25, -0.2) is 4.98 Å². The summed E-state index contributed by atoms with van der Waals surface area (Å²) in [6.45, 7) is 3.17. The minimum atomic E-state index is -0.0461. The van der Waals surface area contributed by atoms with E-state index in [1.165, 1.54) is 16.9 Å². The summed E-state index contributed by atoms with van der Waals surface area (Å²) in [6, 6.07) is 13.9. The van der Waals surface area contributed by atoms with Gasteiger partial charge in [0.2, 0.25) is 0 Å². The number of aromatic nitrogens is 1. The molecule has 0 radical (unpaired) electrons. The van der Waals surface area contributed by atoms with E-state index in [-0.39, 0.29) is 17.9 Å². The van der Waals surface area contributed by atoms with Crippen LogP contribution in [0.3, 0.4) is 0 Å². The van der Waals surface area contributed by atoms with Gasteiger partial charge in [0.1, 0.15) is 0 Å². The molecule has 1 saturated heterocycles. The lowest BCUT2D eigenvalue weighted by molar-refractivity contribution is 0.0789. The number of hydrogen-bond donors (Lipinski definition) is 2. The lowest BCUT2D eigenvalue weighted by atomic mass is 9.95. The topological polar surface area (TPSA) is 85.2 Å². The summed E-state index contributed by atoms with van der Waals surface area (Å²) in [5.74, 6) is 0.194. The van der Waals surface area contributed by atoms with E-state index in [4.69, 9.17) is 11.5 Å². The highest BCUT2D eigenvalue weighted by molar-refractivity contribution is 7.22. The predicted molar refractivity (Wildman–Crippen MR) is 102 cm³/mol.